The van der Waals surface area contributed by atoms with Gasteiger partial charge in [0.25, 0.3) is 0 Å². The van der Waals surface area contributed by atoms with Crippen LogP contribution in [0, 0.1) is 0 Å². The van der Waals surface area contributed by atoms with Gasteiger partial charge in [-0.1, -0.05) is 59.0 Å². The first-order chi connectivity index (χ1) is 15.2. The van der Waals surface area contributed by atoms with Gasteiger partial charge in [0.05, 0.1) is 11.2 Å². The van der Waals surface area contributed by atoms with Gasteiger partial charge in [-0.3, -0.25) is 4.40 Å². The van der Waals surface area contributed by atoms with E-state index in [2.05, 4.69) is 80.5 Å². The van der Waals surface area contributed by atoms with E-state index < -0.39 is 0 Å². The molecule has 0 unspecified atom stereocenters. The Labute approximate surface area is 194 Å². The molecule has 3 heterocycles. The van der Waals surface area contributed by atoms with Gasteiger partial charge < -0.3 is 5.73 Å². The molecule has 3 aromatic heterocycles. The summed E-state index contributed by atoms with van der Waals surface area (Å²) in [6.07, 6.45) is 14.9. The third-order valence-corrected chi connectivity index (χ3v) is 7.33. The molecule has 2 aliphatic carbocycles. The van der Waals surface area contributed by atoms with E-state index in [1.807, 2.05) is 6.20 Å². The fourth-order valence-corrected chi connectivity index (χ4v) is 5.79. The highest BCUT2D eigenvalue weighted by molar-refractivity contribution is 14.1. The Hall–Kier alpha value is -2.74. The molecule has 0 spiro atoms. The van der Waals surface area contributed by atoms with Crippen molar-refractivity contribution in [3.8, 4) is 11.3 Å². The Morgan fingerprint density at radius 1 is 1.06 bits per heavy atom. The molecule has 0 saturated heterocycles. The van der Waals surface area contributed by atoms with E-state index in [-0.39, 0.29) is 0 Å². The topological polar surface area (TPSA) is 69.1 Å². The number of imidazole rings is 1. The van der Waals surface area contributed by atoms with Gasteiger partial charge in [-0.2, -0.15) is 0 Å². The molecule has 2 N–H and O–H groups in total. The molecule has 2 aliphatic rings. The van der Waals surface area contributed by atoms with Crippen LogP contribution in [0.5, 0.6) is 0 Å². The van der Waals surface area contributed by atoms with Crippen molar-refractivity contribution in [3.63, 3.8) is 0 Å². The van der Waals surface area contributed by atoms with Crippen LogP contribution in [0.4, 0.5) is 5.82 Å². The van der Waals surface area contributed by atoms with Gasteiger partial charge in [0.15, 0.2) is 0 Å². The van der Waals surface area contributed by atoms with Crippen molar-refractivity contribution in [2.45, 2.75) is 35.5 Å². The fraction of sp³-hybridized carbons (Fsp3) is 0.240. The smallest absolute Gasteiger partial charge is 0.150 e. The average Bonchev–Trinajstić information content (AvgIpc) is 3.17. The van der Waals surface area contributed by atoms with Crippen molar-refractivity contribution in [3.05, 3.63) is 72.5 Å². The molecule has 0 atom stereocenters. The van der Waals surface area contributed by atoms with Crippen LogP contribution in [0.1, 0.15) is 43.1 Å². The summed E-state index contributed by atoms with van der Waals surface area (Å²) < 4.78 is 2.86. The molecule has 4 aromatic rings. The summed E-state index contributed by atoms with van der Waals surface area (Å²) in [7, 11) is 0. The van der Waals surface area contributed by atoms with Crippen molar-refractivity contribution in [1.82, 2.24) is 19.4 Å². The minimum Gasteiger partial charge on any atom is -0.382 e. The van der Waals surface area contributed by atoms with Crippen molar-refractivity contribution in [1.29, 1.82) is 0 Å². The lowest BCUT2D eigenvalue weighted by Crippen LogP contribution is -2.23. The maximum atomic E-state index is 6.32. The van der Waals surface area contributed by atoms with Gasteiger partial charge in [-0.15, -0.1) is 0 Å². The summed E-state index contributed by atoms with van der Waals surface area (Å²) in [6.45, 7) is 0. The number of hydrogen-bond donors (Lipinski definition) is 1. The third kappa shape index (κ3) is 3.24. The zero-order valence-corrected chi connectivity index (χ0v) is 19.2. The van der Waals surface area contributed by atoms with Crippen LogP contribution in [-0.2, 0) is 0 Å². The standard InChI is InChI=1S/C25H22IN5/c26-19-12-18(13-19)25-30-22(23-24(27)28-10-11-31(23)25)17-7-6-16-8-9-20(29-21(16)14-17)15-4-2-1-3-5-15/h2,4-11,14,18-19H,1,3,12-13H2,(H2,27,28)/t18-,19-. The van der Waals surface area contributed by atoms with Gasteiger partial charge >= 0.3 is 0 Å². The van der Waals surface area contributed by atoms with E-state index in [9.17, 15) is 0 Å². The molecule has 6 heteroatoms. The van der Waals surface area contributed by atoms with Crippen molar-refractivity contribution >= 4 is 50.4 Å². The molecular formula is C25H22IN5. The number of pyridine rings is 1. The molecule has 31 heavy (non-hydrogen) atoms. The molecular weight excluding hydrogens is 497 g/mol. The van der Waals surface area contributed by atoms with E-state index >= 15 is 0 Å². The Balaban J connectivity index is 1.50. The molecule has 154 valence electrons. The number of allylic oxidation sites excluding steroid dienone is 4. The first-order valence-electron chi connectivity index (χ1n) is 10.7. The predicted octanol–water partition coefficient (Wildman–Crippen LogP) is 5.94. The number of halogens is 1. The van der Waals surface area contributed by atoms with Crippen LogP contribution in [0.3, 0.4) is 0 Å². The molecule has 1 fully saturated rings. The second-order valence-corrected chi connectivity index (χ2v) is 10.1. The van der Waals surface area contributed by atoms with Crippen molar-refractivity contribution in [2.24, 2.45) is 0 Å². The number of hydrogen-bond acceptors (Lipinski definition) is 4. The summed E-state index contributed by atoms with van der Waals surface area (Å²) in [6, 6.07) is 10.6. The second kappa shape index (κ2) is 7.44. The van der Waals surface area contributed by atoms with Gasteiger partial charge in [-0.25, -0.2) is 15.0 Å². The first kappa shape index (κ1) is 19.0. The highest BCUT2D eigenvalue weighted by atomic mass is 127. The van der Waals surface area contributed by atoms with Gasteiger partial charge in [0.1, 0.15) is 22.9 Å². The minimum atomic E-state index is 0.472. The van der Waals surface area contributed by atoms with Crippen molar-refractivity contribution in [2.75, 3.05) is 5.73 Å². The van der Waals surface area contributed by atoms with E-state index in [4.69, 9.17) is 15.7 Å². The number of aromatic nitrogens is 4. The predicted molar refractivity (Wildman–Crippen MR) is 134 cm³/mol. The number of rotatable bonds is 3. The molecule has 0 aliphatic heterocycles. The summed E-state index contributed by atoms with van der Waals surface area (Å²) in [5.41, 5.74) is 12.3. The quantitative estimate of drug-likeness (QED) is 0.269. The summed E-state index contributed by atoms with van der Waals surface area (Å²) >= 11 is 2.52. The molecule has 0 radical (unpaired) electrons. The molecule has 6 rings (SSSR count). The highest BCUT2D eigenvalue weighted by Crippen LogP contribution is 2.43. The number of benzene rings is 1. The Morgan fingerprint density at radius 3 is 2.74 bits per heavy atom. The number of fused-ring (bicyclic) bond motifs is 2. The summed E-state index contributed by atoms with van der Waals surface area (Å²) in [5, 5.41) is 1.12. The second-order valence-electron chi connectivity index (χ2n) is 8.36. The van der Waals surface area contributed by atoms with E-state index in [0.29, 0.717) is 11.7 Å². The molecule has 1 aromatic carbocycles. The number of anilines is 1. The first-order valence-corrected chi connectivity index (χ1v) is 12.0. The van der Waals surface area contributed by atoms with E-state index in [0.717, 1.165) is 68.8 Å². The zero-order valence-electron chi connectivity index (χ0n) is 17.0. The number of alkyl halides is 1. The lowest BCUT2D eigenvalue weighted by atomic mass is 9.85. The number of nitrogen functional groups attached to an aromatic ring is 1. The van der Waals surface area contributed by atoms with E-state index in [1.54, 1.807) is 6.20 Å². The summed E-state index contributed by atoms with van der Waals surface area (Å²) in [5.74, 6) is 2.08. The highest BCUT2D eigenvalue weighted by Gasteiger charge is 2.32. The molecule has 0 bridgehead atoms. The lowest BCUT2D eigenvalue weighted by Gasteiger charge is -2.30. The summed E-state index contributed by atoms with van der Waals surface area (Å²) in [4.78, 5) is 14.4. The number of nitrogens with two attached hydrogens (primary N) is 1. The zero-order chi connectivity index (χ0) is 20.9. The van der Waals surface area contributed by atoms with Crippen LogP contribution < -0.4 is 5.73 Å². The fourth-order valence-electron chi connectivity index (χ4n) is 4.56. The van der Waals surface area contributed by atoms with Gasteiger partial charge in [-0.05, 0) is 43.4 Å². The molecule has 5 nitrogen and oxygen atoms in total. The molecule has 1 saturated carbocycles. The third-order valence-electron chi connectivity index (χ3n) is 6.31. The van der Waals surface area contributed by atoms with Crippen LogP contribution in [0.15, 0.2) is 61.0 Å². The number of nitrogens with zero attached hydrogens (tertiary/aromatic N) is 4. The van der Waals surface area contributed by atoms with Crippen LogP contribution >= 0.6 is 22.6 Å². The SMILES string of the molecule is Nc1nccn2c1c(-c1ccc3ccc(C4=CCCC=C4)nc3c1)nc2[C@H]1C[C@H](I)C1. The normalized spacial score (nSPS) is 20.7. The van der Waals surface area contributed by atoms with Crippen LogP contribution in [0.2, 0.25) is 0 Å². The monoisotopic (exact) mass is 519 g/mol. The Kier molecular flexibility index (Phi) is 4.56. The maximum Gasteiger partial charge on any atom is 0.150 e. The minimum absolute atomic E-state index is 0.472. The largest absolute Gasteiger partial charge is 0.382 e. The Bertz CT molecular complexity index is 1380. The molecule has 0 amide bonds. The van der Waals surface area contributed by atoms with Crippen molar-refractivity contribution < 1.29 is 0 Å². The van der Waals surface area contributed by atoms with Gasteiger partial charge in [0.2, 0.25) is 0 Å². The van der Waals surface area contributed by atoms with Gasteiger partial charge in [0, 0.05) is 33.2 Å². The van der Waals surface area contributed by atoms with E-state index in [1.165, 1.54) is 5.57 Å². The van der Waals surface area contributed by atoms with Crippen LogP contribution in [-0.4, -0.2) is 23.3 Å². The van der Waals surface area contributed by atoms with Crippen LogP contribution in [0.25, 0.3) is 33.3 Å². The lowest BCUT2D eigenvalue weighted by molar-refractivity contribution is 0.428. The Morgan fingerprint density at radius 2 is 1.94 bits per heavy atom. The average molecular weight is 519 g/mol. The maximum absolute atomic E-state index is 6.32.